The Bertz CT molecular complexity index is 681. The molecule has 0 aliphatic heterocycles. The molecular weight excluding hydrogens is 272 g/mol. The van der Waals surface area contributed by atoms with Gasteiger partial charge in [-0.15, -0.1) is 0 Å². The minimum absolute atomic E-state index is 0.104. The number of benzene rings is 1. The van der Waals surface area contributed by atoms with Crippen LogP contribution in [0.1, 0.15) is 29.8 Å². The van der Waals surface area contributed by atoms with Gasteiger partial charge in [0, 0.05) is 23.9 Å². The van der Waals surface area contributed by atoms with Crippen LogP contribution in [0.3, 0.4) is 0 Å². The molecule has 0 amide bonds. The van der Waals surface area contributed by atoms with E-state index in [0.717, 1.165) is 5.56 Å². The lowest BCUT2D eigenvalue weighted by molar-refractivity contribution is -0.385. The summed E-state index contributed by atoms with van der Waals surface area (Å²) in [5.41, 5.74) is 1.21. The summed E-state index contributed by atoms with van der Waals surface area (Å²) in [6.45, 7) is 3.35. The van der Waals surface area contributed by atoms with Gasteiger partial charge in [0.2, 0.25) is 11.6 Å². The first-order valence-electron chi connectivity index (χ1n) is 6.43. The van der Waals surface area contributed by atoms with Gasteiger partial charge in [-0.3, -0.25) is 14.9 Å². The number of hydrogen-bond donors (Lipinski definition) is 0. The molecule has 1 aromatic carbocycles. The molecule has 2 rings (SSSR count). The molecule has 0 N–H and O–H groups in total. The van der Waals surface area contributed by atoms with E-state index in [4.69, 9.17) is 4.74 Å². The number of hydrogen-bond acceptors (Lipinski definition) is 5. The zero-order valence-corrected chi connectivity index (χ0v) is 11.7. The number of nitro benzene ring substituents is 1. The average molecular weight is 286 g/mol. The van der Waals surface area contributed by atoms with Gasteiger partial charge in [0.1, 0.15) is 0 Å². The Morgan fingerprint density at radius 1 is 1.33 bits per heavy atom. The van der Waals surface area contributed by atoms with Crippen LogP contribution >= 0.6 is 0 Å². The summed E-state index contributed by atoms with van der Waals surface area (Å²) in [7, 11) is 0. The summed E-state index contributed by atoms with van der Waals surface area (Å²) in [5.74, 6) is 0.222. The number of Topliss-reactive ketones (excluding diaryl/α,β-unsaturated/α-hetero) is 1. The Kier molecular flexibility index (Phi) is 4.27. The van der Waals surface area contributed by atoms with Crippen LogP contribution in [0.4, 0.5) is 5.69 Å². The van der Waals surface area contributed by atoms with Crippen LogP contribution in [0.15, 0.2) is 36.5 Å². The van der Waals surface area contributed by atoms with Crippen molar-refractivity contribution in [3.8, 4) is 11.6 Å². The first kappa shape index (κ1) is 14.6. The molecule has 0 radical (unpaired) electrons. The number of pyridine rings is 1. The number of rotatable bonds is 5. The Labute approximate surface area is 121 Å². The van der Waals surface area contributed by atoms with Gasteiger partial charge >= 0.3 is 5.69 Å². The lowest BCUT2D eigenvalue weighted by atomic mass is 10.1. The Morgan fingerprint density at radius 3 is 2.62 bits per heavy atom. The van der Waals surface area contributed by atoms with Crippen LogP contribution in [0, 0.1) is 10.1 Å². The number of carbonyl (C=O) groups excluding carboxylic acids is 1. The van der Waals surface area contributed by atoms with Crippen LogP contribution in [0.2, 0.25) is 0 Å². The molecule has 0 aliphatic carbocycles. The minimum Gasteiger partial charge on any atom is -0.432 e. The quantitative estimate of drug-likeness (QED) is 0.477. The molecule has 108 valence electrons. The Hall–Kier alpha value is -2.76. The van der Waals surface area contributed by atoms with E-state index in [0.29, 0.717) is 12.0 Å². The maximum absolute atomic E-state index is 11.2. The van der Waals surface area contributed by atoms with Crippen molar-refractivity contribution in [1.82, 2.24) is 4.98 Å². The fraction of sp³-hybridized carbons (Fsp3) is 0.200. The number of ether oxygens (including phenoxy) is 1. The van der Waals surface area contributed by atoms with Crippen LogP contribution in [0.5, 0.6) is 11.6 Å². The summed E-state index contributed by atoms with van der Waals surface area (Å²) in [5, 5.41) is 11.1. The maximum atomic E-state index is 11.2. The Balaban J connectivity index is 2.30. The topological polar surface area (TPSA) is 82.3 Å². The van der Waals surface area contributed by atoms with Gasteiger partial charge in [0.05, 0.1) is 4.92 Å². The van der Waals surface area contributed by atoms with Crippen molar-refractivity contribution in [3.05, 3.63) is 57.8 Å². The van der Waals surface area contributed by atoms with Gasteiger partial charge < -0.3 is 4.74 Å². The van der Waals surface area contributed by atoms with Gasteiger partial charge in [0.15, 0.2) is 5.78 Å². The lowest BCUT2D eigenvalue weighted by Crippen LogP contribution is -1.97. The minimum atomic E-state index is -0.488. The Morgan fingerprint density at radius 2 is 2.10 bits per heavy atom. The van der Waals surface area contributed by atoms with Crippen molar-refractivity contribution in [2.24, 2.45) is 0 Å². The summed E-state index contributed by atoms with van der Waals surface area (Å²) in [6.07, 6.45) is 2.08. The van der Waals surface area contributed by atoms with Crippen molar-refractivity contribution in [2.75, 3.05) is 0 Å². The van der Waals surface area contributed by atoms with E-state index < -0.39 is 4.92 Å². The fourth-order valence-electron chi connectivity index (χ4n) is 1.77. The number of aromatic nitrogens is 1. The second-order valence-electron chi connectivity index (χ2n) is 4.46. The number of ketones is 1. The molecular formula is C15H14N2O4. The standard InChI is InChI=1S/C15H14N2O4/c1-3-11-4-6-14(13(8-11)17(19)20)21-15-7-5-12(9-16-15)10(2)18/h4-9H,3H2,1-2H3. The number of carbonyl (C=O) groups is 1. The molecule has 0 bridgehead atoms. The zero-order chi connectivity index (χ0) is 15.4. The average Bonchev–Trinajstić information content (AvgIpc) is 2.48. The van der Waals surface area contributed by atoms with E-state index in [9.17, 15) is 14.9 Å². The van der Waals surface area contributed by atoms with E-state index in [2.05, 4.69) is 4.98 Å². The second-order valence-corrected chi connectivity index (χ2v) is 4.46. The van der Waals surface area contributed by atoms with E-state index in [-0.39, 0.29) is 23.1 Å². The highest BCUT2D eigenvalue weighted by Gasteiger charge is 2.17. The molecule has 0 atom stereocenters. The molecule has 6 heteroatoms. The van der Waals surface area contributed by atoms with Crippen molar-refractivity contribution >= 4 is 11.5 Å². The second kappa shape index (κ2) is 6.13. The molecule has 0 saturated heterocycles. The first-order chi connectivity index (χ1) is 10.0. The van der Waals surface area contributed by atoms with Gasteiger partial charge in [-0.05, 0) is 31.0 Å². The highest BCUT2D eigenvalue weighted by molar-refractivity contribution is 5.93. The summed E-state index contributed by atoms with van der Waals surface area (Å²) in [6, 6.07) is 7.88. The molecule has 1 aromatic heterocycles. The smallest absolute Gasteiger partial charge is 0.311 e. The monoisotopic (exact) mass is 286 g/mol. The van der Waals surface area contributed by atoms with E-state index >= 15 is 0 Å². The van der Waals surface area contributed by atoms with Crippen molar-refractivity contribution < 1.29 is 14.5 Å². The molecule has 21 heavy (non-hydrogen) atoms. The zero-order valence-electron chi connectivity index (χ0n) is 11.7. The summed E-state index contributed by atoms with van der Waals surface area (Å²) in [4.78, 5) is 25.7. The predicted octanol–water partition coefficient (Wildman–Crippen LogP) is 3.55. The normalized spacial score (nSPS) is 10.2. The summed E-state index contributed by atoms with van der Waals surface area (Å²) < 4.78 is 5.44. The molecule has 0 spiro atoms. The first-order valence-corrected chi connectivity index (χ1v) is 6.43. The van der Waals surface area contributed by atoms with Crippen molar-refractivity contribution in [3.63, 3.8) is 0 Å². The third kappa shape index (κ3) is 3.42. The van der Waals surface area contributed by atoms with E-state index in [1.807, 2.05) is 6.92 Å². The van der Waals surface area contributed by atoms with Crippen molar-refractivity contribution in [2.45, 2.75) is 20.3 Å². The van der Waals surface area contributed by atoms with Crippen LogP contribution in [0.25, 0.3) is 0 Å². The largest absolute Gasteiger partial charge is 0.432 e. The predicted molar refractivity (Wildman–Crippen MR) is 76.8 cm³/mol. The van der Waals surface area contributed by atoms with Crippen LogP contribution in [-0.4, -0.2) is 15.7 Å². The van der Waals surface area contributed by atoms with Crippen LogP contribution in [-0.2, 0) is 6.42 Å². The van der Waals surface area contributed by atoms with E-state index in [1.165, 1.54) is 25.3 Å². The number of nitro groups is 1. The van der Waals surface area contributed by atoms with Gasteiger partial charge in [-0.25, -0.2) is 4.98 Å². The molecule has 1 heterocycles. The SMILES string of the molecule is CCc1ccc(Oc2ccc(C(C)=O)cn2)c([N+](=O)[O-])c1. The van der Waals surface area contributed by atoms with E-state index in [1.54, 1.807) is 18.2 Å². The highest BCUT2D eigenvalue weighted by Crippen LogP contribution is 2.31. The molecule has 2 aromatic rings. The fourth-order valence-corrected chi connectivity index (χ4v) is 1.77. The third-order valence-electron chi connectivity index (χ3n) is 2.99. The van der Waals surface area contributed by atoms with Gasteiger partial charge in [0.25, 0.3) is 0 Å². The maximum Gasteiger partial charge on any atom is 0.311 e. The number of aryl methyl sites for hydroxylation is 1. The molecule has 0 saturated carbocycles. The third-order valence-corrected chi connectivity index (χ3v) is 2.99. The number of nitrogens with zero attached hydrogens (tertiary/aromatic N) is 2. The molecule has 0 aliphatic rings. The summed E-state index contributed by atoms with van der Waals surface area (Å²) >= 11 is 0. The van der Waals surface area contributed by atoms with Crippen LogP contribution < -0.4 is 4.74 Å². The van der Waals surface area contributed by atoms with Gasteiger partial charge in [-0.1, -0.05) is 13.0 Å². The van der Waals surface area contributed by atoms with Gasteiger partial charge in [-0.2, -0.15) is 0 Å². The molecule has 0 unspecified atom stereocenters. The molecule has 6 nitrogen and oxygen atoms in total. The highest BCUT2D eigenvalue weighted by atomic mass is 16.6. The molecule has 0 fully saturated rings. The van der Waals surface area contributed by atoms with Crippen molar-refractivity contribution in [1.29, 1.82) is 0 Å². The lowest BCUT2D eigenvalue weighted by Gasteiger charge is -2.07.